The number of fused-ring (bicyclic) bond motifs is 1. The van der Waals surface area contributed by atoms with Gasteiger partial charge in [0.2, 0.25) is 0 Å². The molecular weight excluding hydrogens is 372 g/mol. The van der Waals surface area contributed by atoms with Crippen molar-refractivity contribution >= 4 is 28.8 Å². The maximum absolute atomic E-state index is 13.9. The number of urea groups is 1. The molecule has 0 aromatic heterocycles. The molecule has 2 N–H and O–H groups in total. The summed E-state index contributed by atoms with van der Waals surface area (Å²) in [5.74, 6) is 0. The minimum Gasteiger partial charge on any atom is -0.399 e. The van der Waals surface area contributed by atoms with Gasteiger partial charge < -0.3 is 5.73 Å². The van der Waals surface area contributed by atoms with Gasteiger partial charge in [-0.25, -0.2) is 9.80 Å². The predicted octanol–water partition coefficient (Wildman–Crippen LogP) is 6.46. The molecule has 5 heteroatoms. The van der Waals surface area contributed by atoms with E-state index >= 15 is 0 Å². The van der Waals surface area contributed by atoms with Gasteiger partial charge in [-0.05, 0) is 50.1 Å². The second-order valence-corrected chi connectivity index (χ2v) is 8.46. The first kappa shape index (κ1) is 20.5. The van der Waals surface area contributed by atoms with Crippen LogP contribution in [-0.2, 0) is 0 Å². The molecule has 2 amide bonds. The lowest BCUT2D eigenvalue weighted by Gasteiger charge is -2.32. The van der Waals surface area contributed by atoms with Gasteiger partial charge >= 0.3 is 6.03 Å². The molecule has 1 aliphatic heterocycles. The summed E-state index contributed by atoms with van der Waals surface area (Å²) in [6, 6.07) is 15.6. The summed E-state index contributed by atoms with van der Waals surface area (Å²) in [4.78, 5) is 15.7. The van der Waals surface area contributed by atoms with Crippen LogP contribution in [0, 0.1) is 0 Å². The number of carbonyl (C=O) groups is 1. The lowest BCUT2D eigenvalue weighted by atomic mass is 9.97. The van der Waals surface area contributed by atoms with E-state index in [0.717, 1.165) is 48.3 Å². The largest absolute Gasteiger partial charge is 0.399 e. The summed E-state index contributed by atoms with van der Waals surface area (Å²) in [7, 11) is 0. The average molecular weight is 405 g/mol. The molecule has 158 valence electrons. The molecule has 0 unspecified atom stereocenters. The standard InChI is InChI=1S/C25H32N4O/c1-19-23-13-9-10-14-24(23)28(21-17-15-20(26)16-18-21)25(30)29(27-19)22-11-7-5-3-2-4-6-8-12-22/h9-10,13-18,22H,2-8,11-12,26H2,1H3. The molecule has 5 nitrogen and oxygen atoms in total. The van der Waals surface area contributed by atoms with Crippen molar-refractivity contribution in [1.29, 1.82) is 0 Å². The van der Waals surface area contributed by atoms with Crippen LogP contribution in [-0.4, -0.2) is 22.8 Å². The Morgan fingerprint density at radius 1 is 0.867 bits per heavy atom. The van der Waals surface area contributed by atoms with Crippen LogP contribution >= 0.6 is 0 Å². The molecule has 1 fully saturated rings. The monoisotopic (exact) mass is 404 g/mol. The van der Waals surface area contributed by atoms with E-state index in [9.17, 15) is 4.79 Å². The molecule has 30 heavy (non-hydrogen) atoms. The number of hydrogen-bond acceptors (Lipinski definition) is 3. The number of para-hydroxylation sites is 1. The number of amides is 2. The highest BCUT2D eigenvalue weighted by atomic mass is 16.2. The Hall–Kier alpha value is -2.82. The normalized spacial score (nSPS) is 19.1. The smallest absolute Gasteiger partial charge is 0.349 e. The minimum absolute atomic E-state index is 0.0777. The van der Waals surface area contributed by atoms with Crippen LogP contribution in [0.5, 0.6) is 0 Å². The van der Waals surface area contributed by atoms with Gasteiger partial charge in [-0.2, -0.15) is 5.10 Å². The Morgan fingerprint density at radius 2 is 1.47 bits per heavy atom. The van der Waals surface area contributed by atoms with Crippen LogP contribution in [0.4, 0.5) is 21.9 Å². The molecule has 0 saturated heterocycles. The van der Waals surface area contributed by atoms with Gasteiger partial charge in [-0.1, -0.05) is 63.1 Å². The van der Waals surface area contributed by atoms with Crippen LogP contribution in [0.1, 0.15) is 70.3 Å². The topological polar surface area (TPSA) is 61.9 Å². The number of benzene rings is 2. The fraction of sp³-hybridized carbons (Fsp3) is 0.440. The third kappa shape index (κ3) is 4.35. The summed E-state index contributed by atoms with van der Waals surface area (Å²) < 4.78 is 0. The molecule has 0 bridgehead atoms. The van der Waals surface area contributed by atoms with E-state index in [4.69, 9.17) is 10.8 Å². The first-order valence-electron chi connectivity index (χ1n) is 11.3. The lowest BCUT2D eigenvalue weighted by molar-refractivity contribution is 0.174. The van der Waals surface area contributed by atoms with E-state index in [-0.39, 0.29) is 12.1 Å². The molecule has 2 aromatic rings. The number of rotatable bonds is 2. The zero-order valence-electron chi connectivity index (χ0n) is 17.9. The molecule has 1 saturated carbocycles. The van der Waals surface area contributed by atoms with E-state index in [1.807, 2.05) is 55.5 Å². The first-order chi connectivity index (χ1) is 14.6. The molecule has 0 radical (unpaired) electrons. The van der Waals surface area contributed by atoms with Crippen LogP contribution in [0.3, 0.4) is 0 Å². The van der Waals surface area contributed by atoms with E-state index in [2.05, 4.69) is 0 Å². The van der Waals surface area contributed by atoms with Gasteiger partial charge in [0.05, 0.1) is 23.1 Å². The van der Waals surface area contributed by atoms with Crippen molar-refractivity contribution in [2.24, 2.45) is 5.10 Å². The van der Waals surface area contributed by atoms with E-state index in [0.29, 0.717) is 5.69 Å². The number of nitrogens with zero attached hydrogens (tertiary/aromatic N) is 3. The Balaban J connectivity index is 1.74. The Morgan fingerprint density at radius 3 is 2.13 bits per heavy atom. The molecule has 1 aliphatic carbocycles. The highest BCUT2D eigenvalue weighted by Crippen LogP contribution is 2.35. The van der Waals surface area contributed by atoms with Crippen molar-refractivity contribution in [3.63, 3.8) is 0 Å². The Bertz CT molecular complexity index is 896. The van der Waals surface area contributed by atoms with E-state index < -0.39 is 0 Å². The first-order valence-corrected chi connectivity index (χ1v) is 11.3. The molecule has 0 spiro atoms. The van der Waals surface area contributed by atoms with Crippen LogP contribution in [0.15, 0.2) is 53.6 Å². The maximum Gasteiger partial charge on any atom is 0.349 e. The highest BCUT2D eigenvalue weighted by molar-refractivity contribution is 6.12. The second kappa shape index (κ2) is 9.33. The number of nitrogen functional groups attached to an aromatic ring is 1. The van der Waals surface area contributed by atoms with Gasteiger partial charge in [0.25, 0.3) is 0 Å². The summed E-state index contributed by atoms with van der Waals surface area (Å²) in [6.07, 6.45) is 10.7. The third-order valence-electron chi connectivity index (χ3n) is 6.25. The molecular formula is C25H32N4O. The zero-order valence-corrected chi connectivity index (χ0v) is 17.9. The van der Waals surface area contributed by atoms with Gasteiger partial charge in [0.1, 0.15) is 0 Å². The van der Waals surface area contributed by atoms with E-state index in [1.54, 1.807) is 9.91 Å². The molecule has 0 atom stereocenters. The number of anilines is 3. The van der Waals surface area contributed by atoms with Crippen molar-refractivity contribution < 1.29 is 4.79 Å². The predicted molar refractivity (Wildman–Crippen MR) is 124 cm³/mol. The van der Waals surface area contributed by atoms with Gasteiger partial charge in [-0.3, -0.25) is 4.90 Å². The molecule has 4 rings (SSSR count). The fourth-order valence-electron chi connectivity index (χ4n) is 4.58. The van der Waals surface area contributed by atoms with Crippen molar-refractivity contribution in [3.8, 4) is 0 Å². The second-order valence-electron chi connectivity index (χ2n) is 8.46. The lowest BCUT2D eigenvalue weighted by Crippen LogP contribution is -2.43. The summed E-state index contributed by atoms with van der Waals surface area (Å²) in [5.41, 5.74) is 10.2. The molecule has 2 aromatic carbocycles. The summed E-state index contributed by atoms with van der Waals surface area (Å²) in [6.45, 7) is 2.01. The Labute approximate surface area is 179 Å². The number of carbonyl (C=O) groups excluding carboxylic acids is 1. The van der Waals surface area contributed by atoms with Gasteiger partial charge in [-0.15, -0.1) is 0 Å². The highest BCUT2D eigenvalue weighted by Gasteiger charge is 2.33. The SMILES string of the molecule is CC1=NN(C2CCCCCCCCC2)C(=O)N(c2ccc(N)cc2)c2ccccc21. The van der Waals surface area contributed by atoms with Crippen molar-refractivity contribution in [3.05, 3.63) is 54.1 Å². The average Bonchev–Trinajstić information content (AvgIpc) is 2.87. The minimum atomic E-state index is -0.0777. The number of hydrogen-bond donors (Lipinski definition) is 1. The molecule has 1 heterocycles. The number of nitrogens with two attached hydrogens (primary N) is 1. The summed E-state index contributed by atoms with van der Waals surface area (Å²) in [5, 5.41) is 6.65. The van der Waals surface area contributed by atoms with Crippen molar-refractivity contribution in [2.45, 2.75) is 70.8 Å². The van der Waals surface area contributed by atoms with Crippen LogP contribution in [0.2, 0.25) is 0 Å². The van der Waals surface area contributed by atoms with Crippen molar-refractivity contribution in [1.82, 2.24) is 5.01 Å². The van der Waals surface area contributed by atoms with Gasteiger partial charge in [0.15, 0.2) is 0 Å². The zero-order chi connectivity index (χ0) is 20.9. The van der Waals surface area contributed by atoms with Crippen LogP contribution in [0.25, 0.3) is 0 Å². The molecule has 2 aliphatic rings. The van der Waals surface area contributed by atoms with Gasteiger partial charge in [0, 0.05) is 11.3 Å². The quantitative estimate of drug-likeness (QED) is 0.584. The number of hydrazone groups is 1. The summed E-state index contributed by atoms with van der Waals surface area (Å²) >= 11 is 0. The Kier molecular flexibility index (Phi) is 6.36. The van der Waals surface area contributed by atoms with Crippen LogP contribution < -0.4 is 10.6 Å². The van der Waals surface area contributed by atoms with E-state index in [1.165, 1.54) is 32.1 Å². The van der Waals surface area contributed by atoms with Crippen molar-refractivity contribution in [2.75, 3.05) is 10.6 Å². The third-order valence-corrected chi connectivity index (χ3v) is 6.25. The maximum atomic E-state index is 13.9. The fourth-order valence-corrected chi connectivity index (χ4v) is 4.58.